The predicted molar refractivity (Wildman–Crippen MR) is 78.1 cm³/mol. The molecule has 0 aliphatic carbocycles. The van der Waals surface area contributed by atoms with Gasteiger partial charge in [0.25, 0.3) is 0 Å². The molecule has 0 aliphatic rings. The Hall–Kier alpha value is -1.19. The second kappa shape index (κ2) is 9.80. The summed E-state index contributed by atoms with van der Waals surface area (Å²) < 4.78 is 12.7. The van der Waals surface area contributed by atoms with Crippen molar-refractivity contribution < 1.29 is 4.39 Å². The lowest BCUT2D eigenvalue weighted by Gasteiger charge is -2.21. The van der Waals surface area contributed by atoms with E-state index in [2.05, 4.69) is 9.97 Å². The van der Waals surface area contributed by atoms with E-state index >= 15 is 0 Å². The average Bonchev–Trinajstić information content (AvgIpc) is 2.43. The molecule has 1 heterocycles. The van der Waals surface area contributed by atoms with E-state index in [0.29, 0.717) is 5.69 Å². The van der Waals surface area contributed by atoms with E-state index in [1.165, 1.54) is 0 Å². The zero-order valence-corrected chi connectivity index (χ0v) is 13.1. The van der Waals surface area contributed by atoms with Gasteiger partial charge in [0, 0.05) is 25.7 Å². The van der Waals surface area contributed by atoms with Crippen molar-refractivity contribution in [3.8, 4) is 0 Å². The van der Waals surface area contributed by atoms with E-state index in [9.17, 15) is 4.39 Å². The van der Waals surface area contributed by atoms with E-state index in [1.807, 2.05) is 60.5 Å². The molecule has 1 rings (SSSR count). The SMILES string of the molecule is CC.CC.CN(C)c1cncc(C(C)(C)CF)n1. The van der Waals surface area contributed by atoms with Gasteiger partial charge in [-0.05, 0) is 0 Å². The molecule has 0 fully saturated rings. The van der Waals surface area contributed by atoms with Crippen LogP contribution in [0.2, 0.25) is 0 Å². The van der Waals surface area contributed by atoms with Gasteiger partial charge in [0.2, 0.25) is 0 Å². The number of hydrogen-bond acceptors (Lipinski definition) is 3. The molecular formula is C14H28FN3. The van der Waals surface area contributed by atoms with Crippen LogP contribution >= 0.6 is 0 Å². The first kappa shape index (κ1) is 19.2. The van der Waals surface area contributed by atoms with Gasteiger partial charge >= 0.3 is 0 Å². The molecule has 0 N–H and O–H groups in total. The van der Waals surface area contributed by atoms with E-state index in [1.54, 1.807) is 12.4 Å². The molecular weight excluding hydrogens is 229 g/mol. The lowest BCUT2D eigenvalue weighted by molar-refractivity contribution is 0.343. The number of anilines is 1. The first-order valence-electron chi connectivity index (χ1n) is 6.53. The minimum atomic E-state index is -0.557. The molecule has 4 heteroatoms. The molecule has 0 unspecified atom stereocenters. The molecule has 0 amide bonds. The largest absolute Gasteiger partial charge is 0.361 e. The van der Waals surface area contributed by atoms with Crippen LogP contribution in [0, 0.1) is 0 Å². The van der Waals surface area contributed by atoms with Crippen LogP contribution < -0.4 is 4.90 Å². The molecule has 1 aromatic heterocycles. The van der Waals surface area contributed by atoms with Crippen molar-refractivity contribution in [2.45, 2.75) is 47.0 Å². The Morgan fingerprint density at radius 3 is 2.00 bits per heavy atom. The van der Waals surface area contributed by atoms with E-state index in [0.717, 1.165) is 5.82 Å². The van der Waals surface area contributed by atoms with Crippen LogP contribution in [0.4, 0.5) is 10.2 Å². The monoisotopic (exact) mass is 257 g/mol. The van der Waals surface area contributed by atoms with Crippen molar-refractivity contribution in [2.75, 3.05) is 25.7 Å². The Labute approximate surface area is 111 Å². The minimum Gasteiger partial charge on any atom is -0.361 e. The summed E-state index contributed by atoms with van der Waals surface area (Å²) >= 11 is 0. The summed E-state index contributed by atoms with van der Waals surface area (Å²) in [5.74, 6) is 0.754. The fraction of sp³-hybridized carbons (Fsp3) is 0.714. The van der Waals surface area contributed by atoms with Crippen LogP contribution in [0.3, 0.4) is 0 Å². The minimum absolute atomic E-state index is 0.432. The Morgan fingerprint density at radius 2 is 1.61 bits per heavy atom. The third-order valence-electron chi connectivity index (χ3n) is 2.11. The summed E-state index contributed by atoms with van der Waals surface area (Å²) in [5, 5.41) is 0. The number of nitrogens with zero attached hydrogens (tertiary/aromatic N) is 3. The highest BCUT2D eigenvalue weighted by atomic mass is 19.1. The number of hydrogen-bond donors (Lipinski definition) is 0. The van der Waals surface area contributed by atoms with Gasteiger partial charge in [-0.2, -0.15) is 0 Å². The second-order valence-corrected chi connectivity index (χ2v) is 4.17. The molecule has 0 radical (unpaired) electrons. The van der Waals surface area contributed by atoms with Crippen molar-refractivity contribution >= 4 is 5.82 Å². The predicted octanol–water partition coefficient (Wildman–Crippen LogP) is 3.84. The van der Waals surface area contributed by atoms with Crippen LogP contribution in [-0.4, -0.2) is 30.7 Å². The fourth-order valence-electron chi connectivity index (χ4n) is 0.966. The summed E-state index contributed by atoms with van der Waals surface area (Å²) in [6.07, 6.45) is 3.28. The van der Waals surface area contributed by atoms with Crippen LogP contribution in [0.15, 0.2) is 12.4 Å². The summed E-state index contributed by atoms with van der Waals surface area (Å²) in [6.45, 7) is 11.2. The number of halogens is 1. The normalized spacial score (nSPS) is 9.61. The Bertz CT molecular complexity index is 312. The standard InChI is InChI=1S/C10H16FN3.2C2H6/c1-10(2,7-11)8-5-12-6-9(13-8)14(3)4;2*1-2/h5-6H,7H2,1-4H3;2*1-2H3. The van der Waals surface area contributed by atoms with Crippen molar-refractivity contribution in [1.29, 1.82) is 0 Å². The fourth-order valence-corrected chi connectivity index (χ4v) is 0.966. The first-order valence-corrected chi connectivity index (χ1v) is 6.53. The van der Waals surface area contributed by atoms with Gasteiger partial charge in [-0.15, -0.1) is 0 Å². The van der Waals surface area contributed by atoms with Crippen LogP contribution in [0.1, 0.15) is 47.2 Å². The lowest BCUT2D eigenvalue weighted by Crippen LogP contribution is -2.23. The summed E-state index contributed by atoms with van der Waals surface area (Å²) in [5.41, 5.74) is 0.130. The van der Waals surface area contributed by atoms with Crippen molar-refractivity contribution in [1.82, 2.24) is 9.97 Å². The maximum absolute atomic E-state index is 12.7. The number of aromatic nitrogens is 2. The maximum Gasteiger partial charge on any atom is 0.146 e. The van der Waals surface area contributed by atoms with Crippen molar-refractivity contribution in [3.05, 3.63) is 18.1 Å². The van der Waals surface area contributed by atoms with Crippen LogP contribution in [0.25, 0.3) is 0 Å². The van der Waals surface area contributed by atoms with Gasteiger partial charge in [0.05, 0.1) is 11.9 Å². The van der Waals surface area contributed by atoms with E-state index in [-0.39, 0.29) is 0 Å². The summed E-state index contributed by atoms with van der Waals surface area (Å²) in [6, 6.07) is 0. The maximum atomic E-state index is 12.7. The van der Waals surface area contributed by atoms with Gasteiger partial charge in [-0.25, -0.2) is 4.98 Å². The highest BCUT2D eigenvalue weighted by molar-refractivity contribution is 5.34. The summed E-state index contributed by atoms with van der Waals surface area (Å²) in [7, 11) is 3.77. The first-order chi connectivity index (χ1) is 8.47. The highest BCUT2D eigenvalue weighted by Gasteiger charge is 2.22. The number of rotatable bonds is 3. The molecule has 0 saturated carbocycles. The molecule has 0 spiro atoms. The molecule has 18 heavy (non-hydrogen) atoms. The third-order valence-corrected chi connectivity index (χ3v) is 2.11. The highest BCUT2D eigenvalue weighted by Crippen LogP contribution is 2.22. The quantitative estimate of drug-likeness (QED) is 0.823. The molecule has 106 valence electrons. The Kier molecular flexibility index (Phi) is 10.4. The Balaban J connectivity index is 0. The molecule has 1 aromatic rings. The van der Waals surface area contributed by atoms with Crippen molar-refractivity contribution in [3.63, 3.8) is 0 Å². The molecule has 0 aromatic carbocycles. The van der Waals surface area contributed by atoms with Gasteiger partial charge in [0.15, 0.2) is 0 Å². The molecule has 0 aliphatic heterocycles. The number of alkyl halides is 1. The molecule has 0 bridgehead atoms. The van der Waals surface area contributed by atoms with Gasteiger partial charge < -0.3 is 4.90 Å². The third kappa shape index (κ3) is 5.94. The topological polar surface area (TPSA) is 29.0 Å². The average molecular weight is 257 g/mol. The Morgan fingerprint density at radius 1 is 1.11 bits per heavy atom. The van der Waals surface area contributed by atoms with Gasteiger partial charge in [-0.3, -0.25) is 9.37 Å². The smallest absolute Gasteiger partial charge is 0.146 e. The van der Waals surface area contributed by atoms with E-state index in [4.69, 9.17) is 0 Å². The van der Waals surface area contributed by atoms with Crippen LogP contribution in [-0.2, 0) is 5.41 Å². The molecule has 3 nitrogen and oxygen atoms in total. The van der Waals surface area contributed by atoms with Gasteiger partial charge in [0.1, 0.15) is 12.5 Å². The zero-order chi connectivity index (χ0) is 14.8. The zero-order valence-electron chi connectivity index (χ0n) is 13.1. The second-order valence-electron chi connectivity index (χ2n) is 4.17. The van der Waals surface area contributed by atoms with Crippen molar-refractivity contribution in [2.24, 2.45) is 0 Å². The van der Waals surface area contributed by atoms with E-state index < -0.39 is 12.1 Å². The lowest BCUT2D eigenvalue weighted by atomic mass is 9.91. The molecule has 0 saturated heterocycles. The van der Waals surface area contributed by atoms with Gasteiger partial charge in [-0.1, -0.05) is 41.5 Å². The molecule has 0 atom stereocenters. The van der Waals surface area contributed by atoms with Crippen LogP contribution in [0.5, 0.6) is 0 Å². The summed E-state index contributed by atoms with van der Waals surface area (Å²) in [4.78, 5) is 10.2.